The number of hydrogen-bond acceptors (Lipinski definition) is 4. The summed E-state index contributed by atoms with van der Waals surface area (Å²) in [6, 6.07) is 28.7. The van der Waals surface area contributed by atoms with Crippen LogP contribution in [0, 0.1) is 0 Å². The Morgan fingerprint density at radius 1 is 0.886 bits per heavy atom. The number of para-hydroxylation sites is 1. The second-order valence-corrected chi connectivity index (χ2v) is 9.55. The molecular formula is C30H30ClN3O. The molecule has 178 valence electrons. The molecule has 0 amide bonds. The Kier molecular flexibility index (Phi) is 7.43. The third-order valence-electron chi connectivity index (χ3n) is 6.47. The summed E-state index contributed by atoms with van der Waals surface area (Å²) in [4.78, 5) is 9.62. The topological polar surface area (TPSA) is 28.6 Å². The Morgan fingerprint density at radius 2 is 1.63 bits per heavy atom. The molecule has 5 rings (SSSR count). The van der Waals surface area contributed by atoms with E-state index in [4.69, 9.17) is 21.3 Å². The molecular weight excluding hydrogens is 454 g/mol. The summed E-state index contributed by atoms with van der Waals surface area (Å²) in [6.07, 6.45) is 2.27. The highest BCUT2D eigenvalue weighted by Gasteiger charge is 2.16. The number of pyridine rings is 1. The number of piperazine rings is 1. The van der Waals surface area contributed by atoms with Crippen molar-refractivity contribution >= 4 is 34.2 Å². The molecule has 0 N–H and O–H groups in total. The average molecular weight is 484 g/mol. The molecule has 0 radical (unpaired) electrons. The molecule has 0 spiro atoms. The minimum absolute atomic E-state index is 0.443. The van der Waals surface area contributed by atoms with Crippen LogP contribution >= 0.6 is 11.6 Å². The zero-order chi connectivity index (χ0) is 24.0. The van der Waals surface area contributed by atoms with Crippen molar-refractivity contribution in [2.24, 2.45) is 0 Å². The molecule has 0 aliphatic carbocycles. The normalized spacial score (nSPS) is 15.4. The van der Waals surface area contributed by atoms with Gasteiger partial charge in [0, 0.05) is 43.1 Å². The fourth-order valence-electron chi connectivity index (χ4n) is 4.34. The zero-order valence-electron chi connectivity index (χ0n) is 20.0. The van der Waals surface area contributed by atoms with Crippen molar-refractivity contribution in [2.45, 2.75) is 6.61 Å². The smallest absolute Gasteiger partial charge is 0.130 e. The van der Waals surface area contributed by atoms with Crippen molar-refractivity contribution < 1.29 is 4.74 Å². The van der Waals surface area contributed by atoms with Gasteiger partial charge in [0.15, 0.2) is 0 Å². The number of halogens is 1. The van der Waals surface area contributed by atoms with E-state index in [1.807, 2.05) is 36.4 Å². The highest BCUT2D eigenvalue weighted by Crippen LogP contribution is 2.24. The number of benzene rings is 3. The lowest BCUT2D eigenvalue weighted by Gasteiger charge is -2.33. The lowest BCUT2D eigenvalue weighted by Crippen LogP contribution is -2.44. The zero-order valence-corrected chi connectivity index (χ0v) is 20.8. The fourth-order valence-corrected chi connectivity index (χ4v) is 4.46. The Balaban J connectivity index is 1.31. The second kappa shape index (κ2) is 11.0. The van der Waals surface area contributed by atoms with Gasteiger partial charge in [-0.25, -0.2) is 4.98 Å². The van der Waals surface area contributed by atoms with Crippen LogP contribution in [-0.4, -0.2) is 54.6 Å². The van der Waals surface area contributed by atoms with Gasteiger partial charge in [-0.1, -0.05) is 60.1 Å². The van der Waals surface area contributed by atoms with Gasteiger partial charge in [0.05, 0.1) is 11.2 Å². The van der Waals surface area contributed by atoms with E-state index in [2.05, 4.69) is 71.5 Å². The van der Waals surface area contributed by atoms with Crippen LogP contribution < -0.4 is 4.74 Å². The largest absolute Gasteiger partial charge is 0.487 e. The molecule has 2 heterocycles. The second-order valence-electron chi connectivity index (χ2n) is 9.11. The van der Waals surface area contributed by atoms with Gasteiger partial charge in [0.1, 0.15) is 12.4 Å². The van der Waals surface area contributed by atoms with Crippen molar-refractivity contribution in [3.05, 3.63) is 107 Å². The van der Waals surface area contributed by atoms with Crippen molar-refractivity contribution in [2.75, 3.05) is 39.8 Å². The molecule has 0 saturated carbocycles. The van der Waals surface area contributed by atoms with Gasteiger partial charge in [-0.05, 0) is 66.2 Å². The van der Waals surface area contributed by atoms with Gasteiger partial charge in [-0.3, -0.25) is 4.90 Å². The summed E-state index contributed by atoms with van der Waals surface area (Å²) in [5.41, 5.74) is 5.56. The van der Waals surface area contributed by atoms with Crippen molar-refractivity contribution in [1.29, 1.82) is 0 Å². The molecule has 3 aromatic carbocycles. The van der Waals surface area contributed by atoms with Crippen LogP contribution in [0.5, 0.6) is 5.75 Å². The van der Waals surface area contributed by atoms with E-state index in [0.717, 1.165) is 65.7 Å². The molecule has 0 bridgehead atoms. The predicted molar refractivity (Wildman–Crippen MR) is 146 cm³/mol. The first-order chi connectivity index (χ1) is 17.1. The summed E-state index contributed by atoms with van der Waals surface area (Å²) in [6.45, 7) is 5.72. The highest BCUT2D eigenvalue weighted by molar-refractivity contribution is 6.30. The van der Waals surface area contributed by atoms with Gasteiger partial charge in [0.25, 0.3) is 0 Å². The van der Waals surface area contributed by atoms with Crippen LogP contribution in [0.1, 0.15) is 16.8 Å². The van der Waals surface area contributed by atoms with Gasteiger partial charge in [-0.15, -0.1) is 0 Å². The number of hydrogen-bond donors (Lipinski definition) is 0. The van der Waals surface area contributed by atoms with Crippen molar-refractivity contribution in [1.82, 2.24) is 14.8 Å². The number of aromatic nitrogens is 1. The van der Waals surface area contributed by atoms with E-state index in [1.54, 1.807) is 0 Å². The SMILES string of the molecule is CN1CCN(CC(=Cc2ccc(Cl)cc2)c2ccc(OCc3ccc4ccccc4n3)cc2)CC1. The Labute approximate surface area is 212 Å². The summed E-state index contributed by atoms with van der Waals surface area (Å²) >= 11 is 6.10. The van der Waals surface area contributed by atoms with Crippen molar-refractivity contribution in [3.8, 4) is 5.75 Å². The molecule has 1 aliphatic heterocycles. The van der Waals surface area contributed by atoms with Gasteiger partial charge in [-0.2, -0.15) is 0 Å². The molecule has 1 aromatic heterocycles. The van der Waals surface area contributed by atoms with Crippen molar-refractivity contribution in [3.63, 3.8) is 0 Å². The first-order valence-electron chi connectivity index (χ1n) is 12.1. The molecule has 1 saturated heterocycles. The first-order valence-corrected chi connectivity index (χ1v) is 12.5. The summed E-state index contributed by atoms with van der Waals surface area (Å²) in [5, 5.41) is 1.89. The number of likely N-dealkylation sites (N-methyl/N-ethyl adjacent to an activating group) is 1. The number of rotatable bonds is 7. The van der Waals surface area contributed by atoms with Crippen LogP contribution in [0.15, 0.2) is 84.9 Å². The summed E-state index contributed by atoms with van der Waals surface area (Å²) in [5.74, 6) is 0.842. The van der Waals surface area contributed by atoms with E-state index in [1.165, 1.54) is 11.1 Å². The van der Waals surface area contributed by atoms with E-state index < -0.39 is 0 Å². The third kappa shape index (κ3) is 6.29. The molecule has 1 fully saturated rings. The summed E-state index contributed by atoms with van der Waals surface area (Å²) < 4.78 is 6.06. The average Bonchev–Trinajstić information content (AvgIpc) is 2.90. The lowest BCUT2D eigenvalue weighted by atomic mass is 10.0. The molecule has 4 nitrogen and oxygen atoms in total. The van der Waals surface area contributed by atoms with E-state index in [9.17, 15) is 0 Å². The molecule has 0 unspecified atom stereocenters. The standard InChI is InChI=1S/C30H30ClN3O/c1-33-16-18-34(19-17-33)21-26(20-23-6-11-27(31)12-7-23)24-9-14-29(15-10-24)35-22-28-13-8-25-4-2-3-5-30(25)32-28/h2-15,20H,16-19,21-22H2,1H3. The molecule has 1 aliphatic rings. The molecule has 0 atom stereocenters. The number of fused-ring (bicyclic) bond motifs is 1. The minimum atomic E-state index is 0.443. The van der Waals surface area contributed by atoms with E-state index >= 15 is 0 Å². The van der Waals surface area contributed by atoms with Crippen LogP contribution in [0.3, 0.4) is 0 Å². The minimum Gasteiger partial charge on any atom is -0.487 e. The monoisotopic (exact) mass is 483 g/mol. The quantitative estimate of drug-likeness (QED) is 0.290. The van der Waals surface area contributed by atoms with E-state index in [-0.39, 0.29) is 0 Å². The van der Waals surface area contributed by atoms with Crippen LogP contribution in [0.2, 0.25) is 5.02 Å². The van der Waals surface area contributed by atoms with Crippen LogP contribution in [0.4, 0.5) is 0 Å². The fraction of sp³-hybridized carbons (Fsp3) is 0.233. The third-order valence-corrected chi connectivity index (χ3v) is 6.72. The Morgan fingerprint density at radius 3 is 2.40 bits per heavy atom. The number of ether oxygens (including phenoxy) is 1. The maximum atomic E-state index is 6.10. The lowest BCUT2D eigenvalue weighted by molar-refractivity contribution is 0.168. The summed E-state index contributed by atoms with van der Waals surface area (Å²) in [7, 11) is 2.19. The molecule has 5 heteroatoms. The highest BCUT2D eigenvalue weighted by atomic mass is 35.5. The van der Waals surface area contributed by atoms with Crippen LogP contribution in [0.25, 0.3) is 22.6 Å². The maximum absolute atomic E-state index is 6.10. The Bertz CT molecular complexity index is 1290. The first kappa shape index (κ1) is 23.6. The molecule has 35 heavy (non-hydrogen) atoms. The van der Waals surface area contributed by atoms with Gasteiger partial charge < -0.3 is 9.64 Å². The van der Waals surface area contributed by atoms with Gasteiger partial charge >= 0.3 is 0 Å². The van der Waals surface area contributed by atoms with Gasteiger partial charge in [0.2, 0.25) is 0 Å². The Hall–Kier alpha value is -3.18. The predicted octanol–water partition coefficient (Wildman–Crippen LogP) is 6.26. The maximum Gasteiger partial charge on any atom is 0.130 e. The molecule has 4 aromatic rings. The number of nitrogens with zero attached hydrogens (tertiary/aromatic N) is 3. The van der Waals surface area contributed by atoms with E-state index in [0.29, 0.717) is 6.61 Å². The van der Waals surface area contributed by atoms with Crippen LogP contribution in [-0.2, 0) is 6.61 Å².